The molecular formula is C9H19N5O4. The standard InChI is InChI=1S/C9H19N5O4/c10-7(1-4-15)13-14-8(11)2-6-18-9(17)12-3-5-16/h15-16H,1-6H2,(H2,10,13)(H2,11,14)(H,12,17). The number of ether oxygens (including phenoxy) is 1. The van der Waals surface area contributed by atoms with Crippen molar-refractivity contribution in [3.8, 4) is 0 Å². The average Bonchev–Trinajstić information content (AvgIpc) is 2.34. The molecule has 0 bridgehead atoms. The minimum Gasteiger partial charge on any atom is -0.449 e. The first kappa shape index (κ1) is 16.1. The van der Waals surface area contributed by atoms with Gasteiger partial charge in [0, 0.05) is 19.4 Å². The Kier molecular flexibility index (Phi) is 9.23. The Labute approximate surface area is 105 Å². The van der Waals surface area contributed by atoms with Crippen molar-refractivity contribution in [2.45, 2.75) is 12.8 Å². The Morgan fingerprint density at radius 2 is 2.06 bits per heavy atom. The van der Waals surface area contributed by atoms with Gasteiger partial charge in [-0.05, 0) is 0 Å². The number of carbonyl (C=O) groups is 1. The normalized spacial score (nSPS) is 10.9. The van der Waals surface area contributed by atoms with E-state index in [1.54, 1.807) is 0 Å². The molecule has 0 fully saturated rings. The van der Waals surface area contributed by atoms with Crippen molar-refractivity contribution >= 4 is 17.8 Å². The number of aliphatic hydroxyl groups excluding tert-OH is 2. The predicted octanol–water partition coefficient (Wildman–Crippen LogP) is -1.68. The molecule has 0 rings (SSSR count). The minimum absolute atomic E-state index is 0.0124. The fourth-order valence-corrected chi connectivity index (χ4v) is 0.820. The third-order valence-corrected chi connectivity index (χ3v) is 1.67. The fourth-order valence-electron chi connectivity index (χ4n) is 0.820. The molecule has 0 aliphatic heterocycles. The molecule has 0 spiro atoms. The number of nitrogens with two attached hydrogens (primary N) is 1. The third kappa shape index (κ3) is 9.36. The first-order valence-electron chi connectivity index (χ1n) is 5.38. The van der Waals surface area contributed by atoms with E-state index in [1.807, 2.05) is 0 Å². The van der Waals surface area contributed by atoms with Crippen molar-refractivity contribution in [3.63, 3.8) is 0 Å². The molecule has 0 saturated carbocycles. The van der Waals surface area contributed by atoms with E-state index < -0.39 is 6.09 Å². The Bertz CT molecular complexity index is 295. The molecule has 9 nitrogen and oxygen atoms in total. The molecule has 0 aromatic heterocycles. The SMILES string of the molecule is N=C(CCOC(=O)NCCO)N/N=C(\N)CCO. The number of hydrogen-bond donors (Lipinski definition) is 6. The van der Waals surface area contributed by atoms with Gasteiger partial charge >= 0.3 is 6.09 Å². The van der Waals surface area contributed by atoms with Crippen LogP contribution in [-0.4, -0.2) is 54.3 Å². The van der Waals surface area contributed by atoms with E-state index in [0.717, 1.165) is 0 Å². The van der Waals surface area contributed by atoms with Crippen molar-refractivity contribution in [2.24, 2.45) is 10.8 Å². The minimum atomic E-state index is -0.653. The first-order valence-corrected chi connectivity index (χ1v) is 5.38. The van der Waals surface area contributed by atoms with Gasteiger partial charge in [-0.25, -0.2) is 4.79 Å². The van der Waals surface area contributed by atoms with Gasteiger partial charge in [-0.15, -0.1) is 0 Å². The maximum atomic E-state index is 10.9. The van der Waals surface area contributed by atoms with E-state index in [4.69, 9.17) is 26.1 Å². The van der Waals surface area contributed by atoms with Gasteiger partial charge in [0.15, 0.2) is 0 Å². The second kappa shape index (κ2) is 10.3. The van der Waals surface area contributed by atoms with Gasteiger partial charge < -0.3 is 26.0 Å². The fraction of sp³-hybridized carbons (Fsp3) is 0.667. The summed E-state index contributed by atoms with van der Waals surface area (Å²) in [5.41, 5.74) is 7.74. The summed E-state index contributed by atoms with van der Waals surface area (Å²) in [5.74, 6) is 0.217. The van der Waals surface area contributed by atoms with Crippen LogP contribution in [0.2, 0.25) is 0 Å². The molecule has 1 amide bonds. The van der Waals surface area contributed by atoms with Crippen molar-refractivity contribution < 1.29 is 19.7 Å². The number of hydrogen-bond acceptors (Lipinski definition) is 6. The highest BCUT2D eigenvalue weighted by Gasteiger charge is 2.02. The van der Waals surface area contributed by atoms with Crippen LogP contribution in [0.3, 0.4) is 0 Å². The number of hydrazone groups is 1. The zero-order chi connectivity index (χ0) is 13.8. The summed E-state index contributed by atoms with van der Waals surface area (Å²) in [6.45, 7) is -0.140. The lowest BCUT2D eigenvalue weighted by Crippen LogP contribution is -2.29. The smallest absolute Gasteiger partial charge is 0.407 e. The molecule has 0 aromatic rings. The molecule has 0 atom stereocenters. The summed E-state index contributed by atoms with van der Waals surface area (Å²) < 4.78 is 4.71. The lowest BCUT2D eigenvalue weighted by molar-refractivity contribution is 0.146. The summed E-state index contributed by atoms with van der Waals surface area (Å²) in [4.78, 5) is 10.9. The molecule has 0 aromatic carbocycles. The van der Waals surface area contributed by atoms with Crippen LogP contribution in [0.15, 0.2) is 5.10 Å². The number of nitrogens with zero attached hydrogens (tertiary/aromatic N) is 1. The lowest BCUT2D eigenvalue weighted by Gasteiger charge is -2.06. The summed E-state index contributed by atoms with van der Waals surface area (Å²) in [5, 5.41) is 30.3. The van der Waals surface area contributed by atoms with E-state index in [0.29, 0.717) is 0 Å². The highest BCUT2D eigenvalue weighted by Crippen LogP contribution is 1.86. The van der Waals surface area contributed by atoms with Crippen LogP contribution in [0.1, 0.15) is 12.8 Å². The van der Waals surface area contributed by atoms with Crippen LogP contribution >= 0.6 is 0 Å². The molecule has 104 valence electrons. The molecule has 0 saturated heterocycles. The Morgan fingerprint density at radius 1 is 1.33 bits per heavy atom. The summed E-state index contributed by atoms with van der Waals surface area (Å²) in [6.07, 6.45) is -0.275. The monoisotopic (exact) mass is 261 g/mol. The van der Waals surface area contributed by atoms with E-state index >= 15 is 0 Å². The predicted molar refractivity (Wildman–Crippen MR) is 65.2 cm³/mol. The second-order valence-electron chi connectivity index (χ2n) is 3.20. The largest absolute Gasteiger partial charge is 0.449 e. The Balaban J connectivity index is 3.65. The van der Waals surface area contributed by atoms with Crippen LogP contribution in [0, 0.1) is 5.41 Å². The number of amides is 1. The third-order valence-electron chi connectivity index (χ3n) is 1.67. The van der Waals surface area contributed by atoms with Crippen molar-refractivity contribution in [2.75, 3.05) is 26.4 Å². The van der Waals surface area contributed by atoms with Gasteiger partial charge in [0.1, 0.15) is 18.3 Å². The number of nitrogens with one attached hydrogen (secondary N) is 3. The van der Waals surface area contributed by atoms with E-state index in [1.165, 1.54) is 0 Å². The second-order valence-corrected chi connectivity index (χ2v) is 3.20. The molecule has 9 heteroatoms. The number of amidine groups is 2. The van der Waals surface area contributed by atoms with Crippen molar-refractivity contribution in [3.05, 3.63) is 0 Å². The maximum absolute atomic E-state index is 10.9. The van der Waals surface area contributed by atoms with E-state index in [2.05, 4.69) is 15.8 Å². The quantitative estimate of drug-likeness (QED) is 0.174. The maximum Gasteiger partial charge on any atom is 0.407 e. The van der Waals surface area contributed by atoms with Gasteiger partial charge in [-0.1, -0.05) is 0 Å². The molecular weight excluding hydrogens is 242 g/mol. The number of carbonyl (C=O) groups excluding carboxylic acids is 1. The van der Waals surface area contributed by atoms with Crippen molar-refractivity contribution in [1.82, 2.24) is 10.7 Å². The lowest BCUT2D eigenvalue weighted by atomic mass is 10.4. The van der Waals surface area contributed by atoms with E-state index in [-0.39, 0.29) is 50.9 Å². The highest BCUT2D eigenvalue weighted by atomic mass is 16.5. The topological polar surface area (TPSA) is 153 Å². The number of alkyl carbamates (subject to hydrolysis) is 1. The number of aliphatic hydroxyl groups is 2. The van der Waals surface area contributed by atoms with Gasteiger partial charge in [0.25, 0.3) is 0 Å². The molecule has 18 heavy (non-hydrogen) atoms. The van der Waals surface area contributed by atoms with Gasteiger partial charge in [-0.2, -0.15) is 5.10 Å². The van der Waals surface area contributed by atoms with Gasteiger partial charge in [0.05, 0.1) is 13.2 Å². The Hall–Kier alpha value is -1.87. The van der Waals surface area contributed by atoms with Gasteiger partial charge in [0.2, 0.25) is 0 Å². The molecule has 7 N–H and O–H groups in total. The van der Waals surface area contributed by atoms with Crippen LogP contribution in [0.25, 0.3) is 0 Å². The summed E-state index contributed by atoms with van der Waals surface area (Å²) in [6, 6.07) is 0. The van der Waals surface area contributed by atoms with Crippen LogP contribution < -0.4 is 16.5 Å². The first-order chi connectivity index (χ1) is 8.60. The molecule has 0 aliphatic rings. The highest BCUT2D eigenvalue weighted by molar-refractivity contribution is 5.84. The molecule has 0 unspecified atom stereocenters. The van der Waals surface area contributed by atoms with Crippen LogP contribution in [0.5, 0.6) is 0 Å². The molecule has 0 heterocycles. The van der Waals surface area contributed by atoms with E-state index in [9.17, 15) is 4.79 Å². The van der Waals surface area contributed by atoms with Crippen LogP contribution in [0.4, 0.5) is 4.79 Å². The average molecular weight is 261 g/mol. The molecule has 0 radical (unpaired) electrons. The zero-order valence-electron chi connectivity index (χ0n) is 9.98. The Morgan fingerprint density at radius 3 is 2.67 bits per heavy atom. The van der Waals surface area contributed by atoms with Gasteiger partial charge in [-0.3, -0.25) is 10.8 Å². The summed E-state index contributed by atoms with van der Waals surface area (Å²) >= 11 is 0. The number of rotatable bonds is 8. The van der Waals surface area contributed by atoms with Crippen LogP contribution in [-0.2, 0) is 4.74 Å². The summed E-state index contributed by atoms with van der Waals surface area (Å²) in [7, 11) is 0. The zero-order valence-corrected chi connectivity index (χ0v) is 9.98. The van der Waals surface area contributed by atoms with Crippen molar-refractivity contribution in [1.29, 1.82) is 5.41 Å². The molecule has 0 aliphatic carbocycles.